The van der Waals surface area contributed by atoms with Crippen molar-refractivity contribution in [1.82, 2.24) is 10.2 Å². The molecule has 0 fully saturated rings. The van der Waals surface area contributed by atoms with Crippen LogP contribution in [0.4, 0.5) is 10.5 Å². The minimum atomic E-state index is -1.33. The summed E-state index contributed by atoms with van der Waals surface area (Å²) < 4.78 is 10.4. The van der Waals surface area contributed by atoms with Gasteiger partial charge in [0.25, 0.3) is 5.91 Å². The van der Waals surface area contributed by atoms with Gasteiger partial charge in [0, 0.05) is 12.2 Å². The molecular weight excluding hydrogens is 488 g/mol. The Bertz CT molecular complexity index is 1140. The van der Waals surface area contributed by atoms with Gasteiger partial charge in [-0.1, -0.05) is 29.3 Å². The number of amides is 4. The van der Waals surface area contributed by atoms with Crippen molar-refractivity contribution in [1.29, 1.82) is 0 Å². The molecule has 0 heterocycles. The van der Waals surface area contributed by atoms with Crippen molar-refractivity contribution in [3.63, 3.8) is 0 Å². The van der Waals surface area contributed by atoms with Crippen LogP contribution in [-0.2, 0) is 19.1 Å². The molecule has 2 rings (SSSR count). The highest BCUT2D eigenvalue weighted by molar-refractivity contribution is 5.99. The van der Waals surface area contributed by atoms with Gasteiger partial charge in [0.2, 0.25) is 11.8 Å². The number of hydrogen-bond acceptors (Lipinski definition) is 6. The monoisotopic (exact) mass is 526 g/mol. The van der Waals surface area contributed by atoms with E-state index in [1.165, 1.54) is 4.90 Å². The number of anilines is 1. The van der Waals surface area contributed by atoms with Gasteiger partial charge in [-0.15, -0.1) is 0 Å². The van der Waals surface area contributed by atoms with Crippen molar-refractivity contribution >= 4 is 29.5 Å². The van der Waals surface area contributed by atoms with E-state index in [2.05, 4.69) is 10.6 Å². The van der Waals surface area contributed by atoms with Crippen LogP contribution in [0.5, 0.6) is 5.75 Å². The summed E-state index contributed by atoms with van der Waals surface area (Å²) in [5.41, 5.74) is 7.48. The number of rotatable bonds is 10. The van der Waals surface area contributed by atoms with Gasteiger partial charge < -0.3 is 30.7 Å². The maximum atomic E-state index is 13.8. The molecule has 0 aliphatic rings. The number of likely N-dealkylation sites (N-methyl/N-ethyl adjacent to an activating group) is 1. The first-order chi connectivity index (χ1) is 17.7. The van der Waals surface area contributed by atoms with Crippen molar-refractivity contribution in [2.75, 3.05) is 19.0 Å². The summed E-state index contributed by atoms with van der Waals surface area (Å²) in [6.45, 7) is 10.6. The third-order valence-corrected chi connectivity index (χ3v) is 5.50. The van der Waals surface area contributed by atoms with Crippen LogP contribution in [0.2, 0.25) is 0 Å². The highest BCUT2D eigenvalue weighted by Crippen LogP contribution is 2.27. The van der Waals surface area contributed by atoms with Gasteiger partial charge in [0.1, 0.15) is 23.4 Å². The Kier molecular flexibility index (Phi) is 10.3. The number of alkyl carbamates (subject to hydrolysis) is 1. The molecule has 38 heavy (non-hydrogen) atoms. The lowest BCUT2D eigenvalue weighted by molar-refractivity contribution is -0.141. The molecule has 2 aromatic carbocycles. The van der Waals surface area contributed by atoms with Crippen LogP contribution in [0, 0.1) is 13.8 Å². The maximum absolute atomic E-state index is 13.8. The first-order valence-corrected chi connectivity index (χ1v) is 12.4. The summed E-state index contributed by atoms with van der Waals surface area (Å²) in [5.74, 6) is -1.28. The second-order valence-corrected chi connectivity index (χ2v) is 10.0. The van der Waals surface area contributed by atoms with E-state index in [0.29, 0.717) is 17.0 Å². The van der Waals surface area contributed by atoms with Gasteiger partial charge in [-0.2, -0.15) is 0 Å². The van der Waals surface area contributed by atoms with Gasteiger partial charge >= 0.3 is 6.09 Å². The summed E-state index contributed by atoms with van der Waals surface area (Å²) in [6.07, 6.45) is -1.34. The number of carbonyl (C=O) groups excluding carboxylic acids is 4. The summed E-state index contributed by atoms with van der Waals surface area (Å²) in [4.78, 5) is 53.1. The number of benzene rings is 2. The lowest BCUT2D eigenvalue weighted by Crippen LogP contribution is -2.53. The van der Waals surface area contributed by atoms with Crippen LogP contribution < -0.4 is 21.1 Å². The topological polar surface area (TPSA) is 140 Å². The lowest BCUT2D eigenvalue weighted by atomic mass is 9.98. The lowest BCUT2D eigenvalue weighted by Gasteiger charge is -2.33. The molecule has 0 aromatic heterocycles. The zero-order valence-electron chi connectivity index (χ0n) is 23.1. The fourth-order valence-corrected chi connectivity index (χ4v) is 4.04. The molecule has 4 amide bonds. The number of ether oxygens (including phenoxy) is 2. The quantitative estimate of drug-likeness (QED) is 0.432. The van der Waals surface area contributed by atoms with Crippen LogP contribution >= 0.6 is 0 Å². The number of methoxy groups -OCH3 is 1. The molecule has 4 N–H and O–H groups in total. The van der Waals surface area contributed by atoms with Crippen LogP contribution in [0.25, 0.3) is 0 Å². The number of aryl methyl sites for hydroxylation is 2. The molecule has 0 aliphatic carbocycles. The molecule has 0 spiro atoms. The third kappa shape index (κ3) is 8.79. The summed E-state index contributed by atoms with van der Waals surface area (Å²) in [7, 11) is 1.54. The SMILES string of the molecule is CCN(C(=O)C(CC(N)=O)NC(=O)OC(C)(C)C)C(C(=O)Nc1ccc(OC)cc1)c1cc(C)cc(C)c1. The van der Waals surface area contributed by atoms with E-state index in [1.807, 2.05) is 32.0 Å². The zero-order chi connectivity index (χ0) is 28.6. The van der Waals surface area contributed by atoms with Crippen molar-refractivity contribution < 1.29 is 28.7 Å². The second kappa shape index (κ2) is 12.9. The van der Waals surface area contributed by atoms with E-state index < -0.39 is 47.9 Å². The predicted octanol–water partition coefficient (Wildman–Crippen LogP) is 3.61. The molecule has 2 aromatic rings. The molecule has 0 saturated carbocycles. The Balaban J connectivity index is 2.49. The second-order valence-electron chi connectivity index (χ2n) is 10.0. The Morgan fingerprint density at radius 1 is 1.00 bits per heavy atom. The molecule has 10 nitrogen and oxygen atoms in total. The van der Waals surface area contributed by atoms with Crippen molar-refractivity contribution in [2.45, 2.75) is 65.6 Å². The average Bonchev–Trinajstić information content (AvgIpc) is 2.79. The Hall–Kier alpha value is -4.08. The molecule has 206 valence electrons. The van der Waals surface area contributed by atoms with Gasteiger partial charge in [-0.3, -0.25) is 14.4 Å². The molecular formula is C28H38N4O6. The van der Waals surface area contributed by atoms with E-state index in [-0.39, 0.29) is 6.54 Å². The van der Waals surface area contributed by atoms with Crippen molar-refractivity contribution in [3.05, 3.63) is 59.2 Å². The summed E-state index contributed by atoms with van der Waals surface area (Å²) in [5, 5.41) is 5.31. The Morgan fingerprint density at radius 2 is 1.58 bits per heavy atom. The Morgan fingerprint density at radius 3 is 2.05 bits per heavy atom. The molecule has 0 radical (unpaired) electrons. The molecule has 0 bridgehead atoms. The maximum Gasteiger partial charge on any atom is 0.408 e. The summed E-state index contributed by atoms with van der Waals surface area (Å²) in [6, 6.07) is 10.0. The van der Waals surface area contributed by atoms with Crippen LogP contribution in [0.15, 0.2) is 42.5 Å². The van der Waals surface area contributed by atoms with E-state index in [9.17, 15) is 19.2 Å². The first-order valence-electron chi connectivity index (χ1n) is 12.4. The van der Waals surface area contributed by atoms with Crippen molar-refractivity contribution in [3.8, 4) is 5.75 Å². The summed E-state index contributed by atoms with van der Waals surface area (Å²) >= 11 is 0. The van der Waals surface area contributed by atoms with Crippen LogP contribution in [0.3, 0.4) is 0 Å². The zero-order valence-corrected chi connectivity index (χ0v) is 23.1. The third-order valence-electron chi connectivity index (χ3n) is 5.50. The molecule has 2 unspecified atom stereocenters. The minimum Gasteiger partial charge on any atom is -0.497 e. The van der Waals surface area contributed by atoms with E-state index in [0.717, 1.165) is 11.1 Å². The highest BCUT2D eigenvalue weighted by atomic mass is 16.6. The average molecular weight is 527 g/mol. The van der Waals surface area contributed by atoms with E-state index >= 15 is 0 Å². The van der Waals surface area contributed by atoms with Crippen LogP contribution in [0.1, 0.15) is 56.8 Å². The van der Waals surface area contributed by atoms with Crippen LogP contribution in [-0.4, -0.2) is 54.0 Å². The normalized spacial score (nSPS) is 12.6. The molecule has 0 aliphatic heterocycles. The van der Waals surface area contributed by atoms with Gasteiger partial charge in [-0.05, 0) is 71.4 Å². The number of hydrogen-bond donors (Lipinski definition) is 3. The minimum absolute atomic E-state index is 0.109. The molecule has 2 atom stereocenters. The van der Waals surface area contributed by atoms with E-state index in [4.69, 9.17) is 15.2 Å². The molecule has 10 heteroatoms. The largest absolute Gasteiger partial charge is 0.497 e. The van der Waals surface area contributed by atoms with Crippen molar-refractivity contribution in [2.24, 2.45) is 5.73 Å². The number of primary amides is 1. The fourth-order valence-electron chi connectivity index (χ4n) is 4.04. The van der Waals surface area contributed by atoms with E-state index in [1.54, 1.807) is 59.1 Å². The predicted molar refractivity (Wildman–Crippen MR) is 145 cm³/mol. The standard InChI is InChI=1S/C28H38N4O6/c1-8-32(26(35)22(16-23(29)33)31-27(36)38-28(4,5)6)24(19-14-17(2)13-18(3)15-19)25(34)30-20-9-11-21(37-7)12-10-20/h9-15,22,24H,8,16H2,1-7H3,(H2,29,33)(H,30,34)(H,31,36). The number of nitrogens with two attached hydrogens (primary N) is 1. The Labute approximate surface area is 223 Å². The smallest absolute Gasteiger partial charge is 0.408 e. The fraction of sp³-hybridized carbons (Fsp3) is 0.429. The van der Waals surface area contributed by atoms with Gasteiger partial charge in [-0.25, -0.2) is 4.79 Å². The van der Waals surface area contributed by atoms with Gasteiger partial charge in [0.05, 0.1) is 13.5 Å². The number of nitrogens with zero attached hydrogens (tertiary/aromatic N) is 1. The first kappa shape index (κ1) is 30.1. The molecule has 0 saturated heterocycles. The number of carbonyl (C=O) groups is 4. The number of nitrogens with one attached hydrogen (secondary N) is 2. The highest BCUT2D eigenvalue weighted by Gasteiger charge is 2.36. The van der Waals surface area contributed by atoms with Gasteiger partial charge in [0.15, 0.2) is 0 Å².